The van der Waals surface area contributed by atoms with Crippen LogP contribution in [-0.2, 0) is 11.2 Å². The van der Waals surface area contributed by atoms with Crippen LogP contribution < -0.4 is 20.7 Å². The first kappa shape index (κ1) is 23.0. The number of carbonyl (C=O) groups is 2. The zero-order chi connectivity index (χ0) is 22.8. The van der Waals surface area contributed by atoms with Crippen molar-refractivity contribution in [1.82, 2.24) is 5.32 Å². The third-order valence-corrected chi connectivity index (χ3v) is 4.77. The number of hydrogen-bond acceptors (Lipinski definition) is 4. The number of para-hydroxylation sites is 1. The Hall–Kier alpha value is -3.71. The fraction of sp³-hybridized carbons (Fsp3) is 0.160. The van der Waals surface area contributed by atoms with E-state index in [0.29, 0.717) is 42.1 Å². The summed E-state index contributed by atoms with van der Waals surface area (Å²) in [6.07, 6.45) is 1.09. The van der Waals surface area contributed by atoms with Crippen LogP contribution >= 0.6 is 12.2 Å². The second-order valence-electron chi connectivity index (χ2n) is 6.95. The summed E-state index contributed by atoms with van der Waals surface area (Å²) in [5.74, 6) is 0.0989. The Morgan fingerprint density at radius 2 is 1.47 bits per heavy atom. The molecule has 2 amide bonds. The standard InChI is InChI=1S/C25H25N3O3S/c1-2-31-22-11-7-6-10-21(22)24(30)28-25(32)27-20-15-13-19(14-16-20)26-23(29)17-12-18-8-4-3-5-9-18/h3-11,13-16H,2,12,17H2,1H3,(H,26,29)(H2,27,28,30,32). The lowest BCUT2D eigenvalue weighted by Crippen LogP contribution is -2.34. The van der Waals surface area contributed by atoms with E-state index in [1.165, 1.54) is 0 Å². The number of nitrogens with one attached hydrogen (secondary N) is 3. The van der Waals surface area contributed by atoms with Crippen molar-refractivity contribution in [2.75, 3.05) is 17.2 Å². The van der Waals surface area contributed by atoms with Gasteiger partial charge in [-0.2, -0.15) is 0 Å². The van der Waals surface area contributed by atoms with E-state index in [4.69, 9.17) is 17.0 Å². The third kappa shape index (κ3) is 6.92. The van der Waals surface area contributed by atoms with E-state index in [2.05, 4.69) is 16.0 Å². The van der Waals surface area contributed by atoms with E-state index in [1.807, 2.05) is 37.3 Å². The molecule has 0 bridgehead atoms. The van der Waals surface area contributed by atoms with Crippen LogP contribution in [0.15, 0.2) is 78.9 Å². The normalized spacial score (nSPS) is 10.2. The highest BCUT2D eigenvalue weighted by Gasteiger charge is 2.13. The van der Waals surface area contributed by atoms with Crippen molar-refractivity contribution in [2.45, 2.75) is 19.8 Å². The molecule has 0 aliphatic heterocycles. The van der Waals surface area contributed by atoms with Gasteiger partial charge in [-0.25, -0.2) is 0 Å². The molecule has 0 saturated carbocycles. The second kappa shape index (κ2) is 11.6. The predicted molar refractivity (Wildman–Crippen MR) is 131 cm³/mol. The van der Waals surface area contributed by atoms with Crippen LogP contribution in [0.25, 0.3) is 0 Å². The molecular formula is C25H25N3O3S. The number of aryl methyl sites for hydroxylation is 1. The number of hydrogen-bond donors (Lipinski definition) is 3. The summed E-state index contributed by atoms with van der Waals surface area (Å²) in [5, 5.41) is 8.67. The lowest BCUT2D eigenvalue weighted by atomic mass is 10.1. The van der Waals surface area contributed by atoms with E-state index in [0.717, 1.165) is 5.56 Å². The van der Waals surface area contributed by atoms with E-state index >= 15 is 0 Å². The van der Waals surface area contributed by atoms with Crippen LogP contribution in [0.3, 0.4) is 0 Å². The van der Waals surface area contributed by atoms with Gasteiger partial charge in [0.1, 0.15) is 5.75 Å². The van der Waals surface area contributed by atoms with E-state index in [-0.39, 0.29) is 16.9 Å². The summed E-state index contributed by atoms with van der Waals surface area (Å²) < 4.78 is 5.49. The molecule has 0 radical (unpaired) electrons. The largest absolute Gasteiger partial charge is 0.493 e. The Morgan fingerprint density at radius 1 is 0.844 bits per heavy atom. The van der Waals surface area contributed by atoms with Crippen molar-refractivity contribution in [1.29, 1.82) is 0 Å². The molecule has 7 heteroatoms. The molecule has 3 rings (SSSR count). The van der Waals surface area contributed by atoms with Gasteiger partial charge >= 0.3 is 0 Å². The Kier molecular flexibility index (Phi) is 8.34. The molecule has 0 aromatic heterocycles. The van der Waals surface area contributed by atoms with Gasteiger partial charge in [0.15, 0.2) is 5.11 Å². The summed E-state index contributed by atoms with van der Waals surface area (Å²) in [7, 11) is 0. The smallest absolute Gasteiger partial charge is 0.261 e. The number of carbonyl (C=O) groups excluding carboxylic acids is 2. The summed E-state index contributed by atoms with van der Waals surface area (Å²) in [6, 6.07) is 24.0. The maximum absolute atomic E-state index is 12.5. The first-order chi connectivity index (χ1) is 15.5. The molecule has 164 valence electrons. The quantitative estimate of drug-likeness (QED) is 0.433. The Balaban J connectivity index is 1.49. The highest BCUT2D eigenvalue weighted by Crippen LogP contribution is 2.18. The minimum Gasteiger partial charge on any atom is -0.493 e. The van der Waals surface area contributed by atoms with Gasteiger partial charge in [-0.1, -0.05) is 42.5 Å². The molecule has 32 heavy (non-hydrogen) atoms. The molecule has 0 heterocycles. The van der Waals surface area contributed by atoms with Gasteiger partial charge in [0, 0.05) is 17.8 Å². The van der Waals surface area contributed by atoms with Gasteiger partial charge in [0.2, 0.25) is 5.91 Å². The zero-order valence-electron chi connectivity index (χ0n) is 17.8. The Bertz CT molecular complexity index is 1070. The minimum atomic E-state index is -0.353. The number of thiocarbonyl (C=S) groups is 1. The molecule has 0 saturated heterocycles. The van der Waals surface area contributed by atoms with Crippen LogP contribution in [0.4, 0.5) is 11.4 Å². The first-order valence-corrected chi connectivity index (χ1v) is 10.7. The van der Waals surface area contributed by atoms with Gasteiger partial charge < -0.3 is 15.4 Å². The maximum Gasteiger partial charge on any atom is 0.261 e. The third-order valence-electron chi connectivity index (χ3n) is 4.57. The molecule has 3 aromatic rings. The number of benzene rings is 3. The molecule has 0 atom stereocenters. The molecular weight excluding hydrogens is 422 g/mol. The van der Waals surface area contributed by atoms with Crippen molar-refractivity contribution >= 4 is 40.5 Å². The van der Waals surface area contributed by atoms with Gasteiger partial charge in [-0.05, 0) is 67.5 Å². The monoisotopic (exact) mass is 447 g/mol. The number of anilines is 2. The molecule has 3 aromatic carbocycles. The van der Waals surface area contributed by atoms with Crippen molar-refractivity contribution in [3.8, 4) is 5.75 Å². The van der Waals surface area contributed by atoms with Gasteiger partial charge in [0.25, 0.3) is 5.91 Å². The number of rotatable bonds is 8. The predicted octanol–water partition coefficient (Wildman–Crippen LogP) is 4.78. The van der Waals surface area contributed by atoms with Crippen LogP contribution in [0, 0.1) is 0 Å². The fourth-order valence-corrected chi connectivity index (χ4v) is 3.24. The zero-order valence-corrected chi connectivity index (χ0v) is 18.6. The summed E-state index contributed by atoms with van der Waals surface area (Å²) in [4.78, 5) is 24.7. The maximum atomic E-state index is 12.5. The fourth-order valence-electron chi connectivity index (χ4n) is 3.03. The summed E-state index contributed by atoms with van der Waals surface area (Å²) in [5.41, 5.74) is 2.92. The molecule has 6 nitrogen and oxygen atoms in total. The molecule has 0 aliphatic rings. The highest BCUT2D eigenvalue weighted by molar-refractivity contribution is 7.80. The van der Waals surface area contributed by atoms with Crippen LogP contribution in [-0.4, -0.2) is 23.5 Å². The lowest BCUT2D eigenvalue weighted by molar-refractivity contribution is -0.116. The molecule has 0 fully saturated rings. The molecule has 0 aliphatic carbocycles. The van der Waals surface area contributed by atoms with Crippen molar-refractivity contribution in [2.24, 2.45) is 0 Å². The lowest BCUT2D eigenvalue weighted by Gasteiger charge is -2.13. The van der Waals surface area contributed by atoms with E-state index in [1.54, 1.807) is 48.5 Å². The van der Waals surface area contributed by atoms with Gasteiger partial charge in [0.05, 0.1) is 12.2 Å². The number of amides is 2. The van der Waals surface area contributed by atoms with Crippen molar-refractivity contribution in [3.05, 3.63) is 90.0 Å². The first-order valence-electron chi connectivity index (χ1n) is 10.3. The molecule has 0 unspecified atom stereocenters. The summed E-state index contributed by atoms with van der Waals surface area (Å²) >= 11 is 5.25. The van der Waals surface area contributed by atoms with Crippen LogP contribution in [0.2, 0.25) is 0 Å². The van der Waals surface area contributed by atoms with E-state index < -0.39 is 0 Å². The van der Waals surface area contributed by atoms with Crippen molar-refractivity contribution in [3.63, 3.8) is 0 Å². The van der Waals surface area contributed by atoms with E-state index in [9.17, 15) is 9.59 Å². The highest BCUT2D eigenvalue weighted by atomic mass is 32.1. The average Bonchev–Trinajstić information content (AvgIpc) is 2.80. The molecule has 0 spiro atoms. The number of ether oxygens (including phenoxy) is 1. The van der Waals surface area contributed by atoms with Gasteiger partial charge in [-0.15, -0.1) is 0 Å². The minimum absolute atomic E-state index is 0.0506. The van der Waals surface area contributed by atoms with Crippen molar-refractivity contribution < 1.29 is 14.3 Å². The summed E-state index contributed by atoms with van der Waals surface area (Å²) in [6.45, 7) is 2.32. The SMILES string of the molecule is CCOc1ccccc1C(=O)NC(=S)Nc1ccc(NC(=O)CCc2ccccc2)cc1. The van der Waals surface area contributed by atoms with Crippen LogP contribution in [0.5, 0.6) is 5.75 Å². The average molecular weight is 448 g/mol. The second-order valence-corrected chi connectivity index (χ2v) is 7.36. The molecule has 3 N–H and O–H groups in total. The Morgan fingerprint density at radius 3 is 2.16 bits per heavy atom. The topological polar surface area (TPSA) is 79.5 Å². The Labute approximate surface area is 193 Å². The van der Waals surface area contributed by atoms with Gasteiger partial charge in [-0.3, -0.25) is 14.9 Å². The van der Waals surface area contributed by atoms with Crippen LogP contribution in [0.1, 0.15) is 29.3 Å².